The lowest BCUT2D eigenvalue weighted by Crippen LogP contribution is -2.11. The van der Waals surface area contributed by atoms with Gasteiger partial charge in [-0.2, -0.15) is 18.3 Å². The average Bonchev–Trinajstić information content (AvgIpc) is 3.29. The number of benzene rings is 1. The van der Waals surface area contributed by atoms with Crippen LogP contribution in [0.3, 0.4) is 0 Å². The maximum absolute atomic E-state index is 12.7. The summed E-state index contributed by atoms with van der Waals surface area (Å²) in [6.07, 6.45) is 2.99. The molecule has 4 aromatic rings. The highest BCUT2D eigenvalue weighted by Gasteiger charge is 2.21. The molecule has 3 aromatic heterocycles. The lowest BCUT2D eigenvalue weighted by Gasteiger charge is -2.11. The summed E-state index contributed by atoms with van der Waals surface area (Å²) in [7, 11) is 0. The van der Waals surface area contributed by atoms with E-state index in [0.29, 0.717) is 20.9 Å². The molecule has 0 spiro atoms. The number of amides is 1. The van der Waals surface area contributed by atoms with Crippen molar-refractivity contribution >= 4 is 45.8 Å². The van der Waals surface area contributed by atoms with E-state index >= 15 is 0 Å². The van der Waals surface area contributed by atoms with Gasteiger partial charge < -0.3 is 10.1 Å². The van der Waals surface area contributed by atoms with Crippen LogP contribution in [-0.2, 0) is 0 Å². The first-order valence-corrected chi connectivity index (χ1v) is 8.98. The molecule has 0 saturated heterocycles. The van der Waals surface area contributed by atoms with Gasteiger partial charge in [0.25, 0.3) is 5.91 Å². The standard InChI is InChI=1S/C17H10ClF2N5O2S/c18-8-3-4-12(27-17(19)20)9(6-8)13-11(7-22-24-13)23-16(26)15-14-10(25-28-15)2-1-5-21-14/h1-7,17H,(H,22,24)(H,23,26). The average molecular weight is 422 g/mol. The summed E-state index contributed by atoms with van der Waals surface area (Å²) in [5, 5.41) is 9.64. The van der Waals surface area contributed by atoms with Crippen molar-refractivity contribution in [1.29, 1.82) is 0 Å². The van der Waals surface area contributed by atoms with E-state index in [9.17, 15) is 13.6 Å². The molecule has 0 aliphatic heterocycles. The van der Waals surface area contributed by atoms with Crippen molar-refractivity contribution in [3.05, 3.63) is 52.6 Å². The first-order valence-electron chi connectivity index (χ1n) is 7.83. The van der Waals surface area contributed by atoms with Crippen molar-refractivity contribution < 1.29 is 18.3 Å². The zero-order valence-corrected chi connectivity index (χ0v) is 15.4. The number of hydrogen-bond acceptors (Lipinski definition) is 6. The minimum atomic E-state index is -3.02. The number of nitrogens with zero attached hydrogens (tertiary/aromatic N) is 3. The second-order valence-electron chi connectivity index (χ2n) is 5.50. The molecule has 0 aliphatic carbocycles. The number of H-pyrrole nitrogens is 1. The summed E-state index contributed by atoms with van der Waals surface area (Å²) >= 11 is 7.00. The molecular formula is C17H10ClF2N5O2S. The van der Waals surface area contributed by atoms with Gasteiger partial charge in [0, 0.05) is 23.0 Å². The second kappa shape index (κ2) is 7.49. The van der Waals surface area contributed by atoms with Crippen LogP contribution in [0, 0.1) is 0 Å². The van der Waals surface area contributed by atoms with Crippen LogP contribution in [0.15, 0.2) is 42.7 Å². The van der Waals surface area contributed by atoms with Crippen LogP contribution in [0.5, 0.6) is 5.75 Å². The lowest BCUT2D eigenvalue weighted by molar-refractivity contribution is -0.0494. The molecule has 2 N–H and O–H groups in total. The highest BCUT2D eigenvalue weighted by atomic mass is 35.5. The molecule has 28 heavy (non-hydrogen) atoms. The van der Waals surface area contributed by atoms with E-state index in [1.807, 2.05) is 0 Å². The third-order valence-electron chi connectivity index (χ3n) is 3.74. The van der Waals surface area contributed by atoms with Gasteiger partial charge in [0.05, 0.1) is 5.69 Å². The van der Waals surface area contributed by atoms with Crippen molar-refractivity contribution in [3.63, 3.8) is 0 Å². The monoisotopic (exact) mass is 421 g/mol. The minimum Gasteiger partial charge on any atom is -0.434 e. The Morgan fingerprint density at radius 1 is 1.32 bits per heavy atom. The van der Waals surface area contributed by atoms with E-state index in [1.54, 1.807) is 18.3 Å². The first kappa shape index (κ1) is 18.3. The fourth-order valence-electron chi connectivity index (χ4n) is 2.59. The number of anilines is 1. The summed E-state index contributed by atoms with van der Waals surface area (Å²) in [5.41, 5.74) is 1.75. The SMILES string of the molecule is O=C(Nc1c[nH]nc1-c1cc(Cl)ccc1OC(F)F)c1snc2cccnc12. The van der Waals surface area contributed by atoms with Gasteiger partial charge >= 0.3 is 6.61 Å². The fraction of sp³-hybridized carbons (Fsp3) is 0.0588. The summed E-state index contributed by atoms with van der Waals surface area (Å²) in [5.74, 6) is -0.570. The fourth-order valence-corrected chi connectivity index (χ4v) is 3.47. The van der Waals surface area contributed by atoms with Crippen molar-refractivity contribution in [3.8, 4) is 17.0 Å². The van der Waals surface area contributed by atoms with E-state index in [1.165, 1.54) is 24.4 Å². The largest absolute Gasteiger partial charge is 0.434 e. The summed E-state index contributed by atoms with van der Waals surface area (Å²) < 4.78 is 34.2. The highest BCUT2D eigenvalue weighted by Crippen LogP contribution is 2.36. The molecule has 3 heterocycles. The number of aromatic nitrogens is 4. The predicted molar refractivity (Wildman–Crippen MR) is 101 cm³/mol. The zero-order valence-electron chi connectivity index (χ0n) is 13.8. The molecular weight excluding hydrogens is 412 g/mol. The Morgan fingerprint density at radius 3 is 3.00 bits per heavy atom. The molecule has 0 aliphatic rings. The van der Waals surface area contributed by atoms with Crippen molar-refractivity contribution in [2.45, 2.75) is 6.61 Å². The van der Waals surface area contributed by atoms with Crippen LogP contribution in [0.2, 0.25) is 5.02 Å². The highest BCUT2D eigenvalue weighted by molar-refractivity contribution is 7.09. The van der Waals surface area contributed by atoms with Gasteiger partial charge in [-0.05, 0) is 41.9 Å². The number of hydrogen-bond donors (Lipinski definition) is 2. The van der Waals surface area contributed by atoms with Gasteiger partial charge in [-0.3, -0.25) is 14.9 Å². The normalized spacial score (nSPS) is 11.1. The van der Waals surface area contributed by atoms with Crippen LogP contribution < -0.4 is 10.1 Å². The Bertz CT molecular complexity index is 1160. The Balaban J connectivity index is 1.69. The van der Waals surface area contributed by atoms with Gasteiger partial charge in [-0.15, -0.1) is 0 Å². The molecule has 0 radical (unpaired) electrons. The van der Waals surface area contributed by atoms with Gasteiger partial charge in [0.1, 0.15) is 27.4 Å². The number of carbonyl (C=O) groups is 1. The molecule has 4 rings (SSSR count). The Kier molecular flexibility index (Phi) is 4.88. The third-order valence-corrected chi connectivity index (χ3v) is 4.83. The predicted octanol–water partition coefficient (Wildman–Crippen LogP) is 4.59. The Hall–Kier alpha value is -3.11. The first-order chi connectivity index (χ1) is 13.5. The second-order valence-corrected chi connectivity index (χ2v) is 6.71. The smallest absolute Gasteiger partial charge is 0.387 e. The molecule has 7 nitrogen and oxygen atoms in total. The topological polar surface area (TPSA) is 92.8 Å². The number of fused-ring (bicyclic) bond motifs is 1. The maximum Gasteiger partial charge on any atom is 0.387 e. The Labute approximate surface area is 165 Å². The molecule has 1 amide bonds. The minimum absolute atomic E-state index is 0.119. The molecule has 0 saturated carbocycles. The number of rotatable bonds is 5. The zero-order chi connectivity index (χ0) is 19.7. The molecule has 11 heteroatoms. The van der Waals surface area contributed by atoms with Gasteiger partial charge in [-0.1, -0.05) is 11.6 Å². The van der Waals surface area contributed by atoms with Crippen LogP contribution >= 0.6 is 23.1 Å². The molecule has 0 bridgehead atoms. The van der Waals surface area contributed by atoms with E-state index < -0.39 is 12.5 Å². The van der Waals surface area contributed by atoms with Crippen LogP contribution in [0.25, 0.3) is 22.3 Å². The van der Waals surface area contributed by atoms with Crippen molar-refractivity contribution in [2.75, 3.05) is 5.32 Å². The Morgan fingerprint density at radius 2 is 2.18 bits per heavy atom. The lowest BCUT2D eigenvalue weighted by atomic mass is 10.1. The summed E-state index contributed by atoms with van der Waals surface area (Å²) in [4.78, 5) is 17.2. The van der Waals surface area contributed by atoms with Crippen LogP contribution in [0.4, 0.5) is 14.5 Å². The number of alkyl halides is 2. The van der Waals surface area contributed by atoms with Gasteiger partial charge in [-0.25, -0.2) is 0 Å². The number of aromatic amines is 1. The van der Waals surface area contributed by atoms with E-state index in [4.69, 9.17) is 11.6 Å². The van der Waals surface area contributed by atoms with Crippen molar-refractivity contribution in [1.82, 2.24) is 19.6 Å². The molecule has 0 fully saturated rings. The van der Waals surface area contributed by atoms with E-state index in [0.717, 1.165) is 11.5 Å². The van der Waals surface area contributed by atoms with Crippen LogP contribution in [0.1, 0.15) is 9.67 Å². The van der Waals surface area contributed by atoms with Crippen molar-refractivity contribution in [2.24, 2.45) is 0 Å². The third kappa shape index (κ3) is 3.51. The van der Waals surface area contributed by atoms with Gasteiger partial charge in [0.15, 0.2) is 0 Å². The van der Waals surface area contributed by atoms with Crippen LogP contribution in [-0.4, -0.2) is 32.1 Å². The van der Waals surface area contributed by atoms with Gasteiger partial charge in [0.2, 0.25) is 0 Å². The molecule has 1 aromatic carbocycles. The summed E-state index contributed by atoms with van der Waals surface area (Å²) in [6.45, 7) is -3.02. The maximum atomic E-state index is 12.7. The van der Waals surface area contributed by atoms with E-state index in [2.05, 4.69) is 29.6 Å². The quantitative estimate of drug-likeness (QED) is 0.491. The molecule has 142 valence electrons. The number of halogens is 3. The summed E-state index contributed by atoms with van der Waals surface area (Å²) in [6, 6.07) is 7.63. The number of carbonyl (C=O) groups excluding carboxylic acids is 1. The number of ether oxygens (including phenoxy) is 1. The van der Waals surface area contributed by atoms with E-state index in [-0.39, 0.29) is 22.7 Å². The molecule has 0 unspecified atom stereocenters. The number of nitrogens with one attached hydrogen (secondary N) is 2. The number of pyridine rings is 1. The molecule has 0 atom stereocenters.